The van der Waals surface area contributed by atoms with E-state index < -0.39 is 12.8 Å². The first kappa shape index (κ1) is 12.3. The van der Waals surface area contributed by atoms with Crippen molar-refractivity contribution in [1.29, 1.82) is 0 Å². The fourth-order valence-electron chi connectivity index (χ4n) is 0.648. The van der Waals surface area contributed by atoms with Crippen LogP contribution in [0.15, 0.2) is 0 Å². The number of rotatable bonds is 6. The van der Waals surface area contributed by atoms with Crippen molar-refractivity contribution in [2.24, 2.45) is 0 Å². The lowest BCUT2D eigenvalue weighted by Gasteiger charge is -2.07. The smallest absolute Gasteiger partial charge is 0.372 e. The summed E-state index contributed by atoms with van der Waals surface area (Å²) in [5.74, 6) is 2.35. The summed E-state index contributed by atoms with van der Waals surface area (Å²) in [6.07, 6.45) is 1.23. The maximum Gasteiger partial charge on any atom is 0.411 e. The first-order chi connectivity index (χ1) is 6.06. The van der Waals surface area contributed by atoms with Gasteiger partial charge in [0.1, 0.15) is 6.61 Å². The molecule has 0 spiro atoms. The van der Waals surface area contributed by atoms with Crippen LogP contribution in [0.1, 0.15) is 6.42 Å². The van der Waals surface area contributed by atoms with Gasteiger partial charge in [-0.2, -0.15) is 13.2 Å². The molecule has 0 atom stereocenters. The number of nitrogens with one attached hydrogen (secondary N) is 1. The average Bonchev–Trinajstić information content (AvgIpc) is 2.01. The van der Waals surface area contributed by atoms with Crippen LogP contribution >= 0.6 is 0 Å². The van der Waals surface area contributed by atoms with Crippen molar-refractivity contribution in [3.63, 3.8) is 0 Å². The Balaban J connectivity index is 3.05. The quantitative estimate of drug-likeness (QED) is 0.507. The van der Waals surface area contributed by atoms with Gasteiger partial charge in [0.15, 0.2) is 0 Å². The van der Waals surface area contributed by atoms with Gasteiger partial charge in [0.25, 0.3) is 0 Å². The van der Waals surface area contributed by atoms with Gasteiger partial charge in [-0.15, -0.1) is 6.42 Å². The topological polar surface area (TPSA) is 21.3 Å². The predicted octanol–water partition coefficient (Wildman–Crippen LogP) is 1.18. The van der Waals surface area contributed by atoms with E-state index in [-0.39, 0.29) is 6.61 Å². The van der Waals surface area contributed by atoms with E-state index in [4.69, 9.17) is 6.42 Å². The summed E-state index contributed by atoms with van der Waals surface area (Å²) < 4.78 is 38.9. The van der Waals surface area contributed by atoms with Crippen LogP contribution in [0.25, 0.3) is 0 Å². The third kappa shape index (κ3) is 11.3. The van der Waals surface area contributed by atoms with Crippen LogP contribution in [0.4, 0.5) is 13.2 Å². The zero-order valence-electron chi connectivity index (χ0n) is 7.16. The molecule has 5 heteroatoms. The van der Waals surface area contributed by atoms with Crippen molar-refractivity contribution in [2.45, 2.75) is 12.6 Å². The van der Waals surface area contributed by atoms with Gasteiger partial charge in [-0.3, -0.25) is 0 Å². The van der Waals surface area contributed by atoms with Gasteiger partial charge in [-0.05, 0) is 13.0 Å². The highest BCUT2D eigenvalue weighted by Gasteiger charge is 2.26. The summed E-state index contributed by atoms with van der Waals surface area (Å²) in [5, 5.41) is 2.84. The Morgan fingerprint density at radius 3 is 2.62 bits per heavy atom. The molecule has 76 valence electrons. The van der Waals surface area contributed by atoms with Gasteiger partial charge < -0.3 is 10.1 Å². The third-order valence-electron chi connectivity index (χ3n) is 1.14. The second kappa shape index (κ2) is 6.75. The summed E-state index contributed by atoms with van der Waals surface area (Å²) in [4.78, 5) is 0. The Hall–Kier alpha value is -0.730. The number of terminal acetylenes is 1. The molecule has 0 bridgehead atoms. The van der Waals surface area contributed by atoms with E-state index in [0.29, 0.717) is 19.5 Å². The van der Waals surface area contributed by atoms with Crippen LogP contribution in [0.3, 0.4) is 0 Å². The lowest BCUT2D eigenvalue weighted by molar-refractivity contribution is -0.173. The zero-order valence-corrected chi connectivity index (χ0v) is 7.16. The maximum absolute atomic E-state index is 11.5. The number of alkyl halides is 3. The van der Waals surface area contributed by atoms with Crippen LogP contribution < -0.4 is 5.32 Å². The van der Waals surface area contributed by atoms with E-state index in [9.17, 15) is 13.2 Å². The number of halogens is 3. The normalized spacial score (nSPS) is 11.2. The number of hydrogen-bond donors (Lipinski definition) is 1. The molecule has 0 aromatic rings. The summed E-state index contributed by atoms with van der Waals surface area (Å²) in [6, 6.07) is 0. The third-order valence-corrected chi connectivity index (χ3v) is 1.14. The van der Waals surface area contributed by atoms with Crippen LogP contribution in [0, 0.1) is 12.3 Å². The van der Waals surface area contributed by atoms with Crippen molar-refractivity contribution in [3.8, 4) is 12.3 Å². The molecule has 1 N–H and O–H groups in total. The summed E-state index contributed by atoms with van der Waals surface area (Å²) in [6.45, 7) is -0.0828. The molecule has 13 heavy (non-hydrogen) atoms. The molecule has 0 rings (SSSR count). The van der Waals surface area contributed by atoms with Gasteiger partial charge in [0.05, 0.1) is 6.54 Å². The van der Waals surface area contributed by atoms with Crippen molar-refractivity contribution in [2.75, 3.05) is 26.3 Å². The van der Waals surface area contributed by atoms with Gasteiger partial charge in [0, 0.05) is 6.61 Å². The van der Waals surface area contributed by atoms with Gasteiger partial charge in [-0.1, -0.05) is 5.92 Å². The molecule has 0 saturated heterocycles. The lowest BCUT2D eigenvalue weighted by atomic mass is 10.4. The van der Waals surface area contributed by atoms with Gasteiger partial charge >= 0.3 is 6.18 Å². The Bertz CT molecular complexity index is 162. The largest absolute Gasteiger partial charge is 0.411 e. The lowest BCUT2D eigenvalue weighted by Crippen LogP contribution is -2.20. The Labute approximate surface area is 75.5 Å². The standard InChI is InChI=1S/C8H12F3NO/c1-2-4-12-5-3-6-13-7-8(9,10)11/h1,12H,3-7H2. The van der Waals surface area contributed by atoms with Crippen LogP contribution in [0.5, 0.6) is 0 Å². The minimum Gasteiger partial charge on any atom is -0.372 e. The van der Waals surface area contributed by atoms with E-state index in [1.165, 1.54) is 0 Å². The molecule has 0 aromatic carbocycles. The zero-order chi connectivity index (χ0) is 10.2. The van der Waals surface area contributed by atoms with E-state index in [1.807, 2.05) is 0 Å². The van der Waals surface area contributed by atoms with E-state index >= 15 is 0 Å². The van der Waals surface area contributed by atoms with Crippen LogP contribution in [0.2, 0.25) is 0 Å². The molecule has 0 saturated carbocycles. The highest BCUT2D eigenvalue weighted by molar-refractivity contribution is 4.86. The van der Waals surface area contributed by atoms with Gasteiger partial charge in [0.2, 0.25) is 0 Å². The van der Waals surface area contributed by atoms with E-state index in [0.717, 1.165) is 0 Å². The van der Waals surface area contributed by atoms with Crippen molar-refractivity contribution < 1.29 is 17.9 Å². The second-order valence-electron chi connectivity index (χ2n) is 2.40. The summed E-state index contributed by atoms with van der Waals surface area (Å²) in [5.41, 5.74) is 0. The van der Waals surface area contributed by atoms with E-state index in [1.54, 1.807) is 0 Å². The molecule has 0 aliphatic rings. The molecule has 0 heterocycles. The molecule has 0 aliphatic heterocycles. The molecular weight excluding hydrogens is 183 g/mol. The molecule has 0 radical (unpaired) electrons. The summed E-state index contributed by atoms with van der Waals surface area (Å²) >= 11 is 0. The highest BCUT2D eigenvalue weighted by atomic mass is 19.4. The van der Waals surface area contributed by atoms with Crippen LogP contribution in [-0.4, -0.2) is 32.5 Å². The fraction of sp³-hybridized carbons (Fsp3) is 0.750. The molecule has 0 aromatic heterocycles. The average molecular weight is 195 g/mol. The van der Waals surface area contributed by atoms with Crippen molar-refractivity contribution >= 4 is 0 Å². The summed E-state index contributed by atoms with van der Waals surface area (Å²) in [7, 11) is 0. The SMILES string of the molecule is C#CCNCCCOCC(F)(F)F. The fourth-order valence-corrected chi connectivity index (χ4v) is 0.648. The number of ether oxygens (including phenoxy) is 1. The Morgan fingerprint density at radius 2 is 2.08 bits per heavy atom. The Morgan fingerprint density at radius 1 is 1.38 bits per heavy atom. The number of hydrogen-bond acceptors (Lipinski definition) is 2. The minimum atomic E-state index is -4.23. The van der Waals surface area contributed by atoms with Gasteiger partial charge in [-0.25, -0.2) is 0 Å². The highest BCUT2D eigenvalue weighted by Crippen LogP contribution is 2.14. The molecule has 0 amide bonds. The molecule has 0 aliphatic carbocycles. The second-order valence-corrected chi connectivity index (χ2v) is 2.40. The van der Waals surface area contributed by atoms with Crippen LogP contribution in [-0.2, 0) is 4.74 Å². The monoisotopic (exact) mass is 195 g/mol. The van der Waals surface area contributed by atoms with Crippen molar-refractivity contribution in [1.82, 2.24) is 5.32 Å². The maximum atomic E-state index is 11.5. The van der Waals surface area contributed by atoms with E-state index in [2.05, 4.69) is 16.0 Å². The molecular formula is C8H12F3NO. The minimum absolute atomic E-state index is 0.0943. The molecule has 0 unspecified atom stereocenters. The Kier molecular flexibility index (Phi) is 6.37. The molecule has 0 fully saturated rings. The first-order valence-corrected chi connectivity index (χ1v) is 3.85. The van der Waals surface area contributed by atoms with Crippen molar-refractivity contribution in [3.05, 3.63) is 0 Å². The first-order valence-electron chi connectivity index (χ1n) is 3.85. The molecule has 2 nitrogen and oxygen atoms in total. The predicted molar refractivity (Wildman–Crippen MR) is 43.2 cm³/mol.